The van der Waals surface area contributed by atoms with E-state index < -0.39 is 17.5 Å². The highest BCUT2D eigenvalue weighted by atomic mass is 19.4. The van der Waals surface area contributed by atoms with Crippen molar-refractivity contribution in [2.24, 2.45) is 0 Å². The maximum atomic E-state index is 12.9. The van der Waals surface area contributed by atoms with Crippen molar-refractivity contribution in [2.45, 2.75) is 38.4 Å². The van der Waals surface area contributed by atoms with Gasteiger partial charge in [-0.05, 0) is 43.5 Å². The first kappa shape index (κ1) is 18.5. The fourth-order valence-electron chi connectivity index (χ4n) is 3.93. The van der Waals surface area contributed by atoms with E-state index in [0.29, 0.717) is 24.7 Å². The van der Waals surface area contributed by atoms with Gasteiger partial charge >= 0.3 is 6.18 Å². The molecule has 1 aromatic carbocycles. The highest BCUT2D eigenvalue weighted by Gasteiger charge is 2.33. The number of rotatable bonds is 2. The monoisotopic (exact) mass is 392 g/mol. The molecule has 0 radical (unpaired) electrons. The molecule has 2 aliphatic rings. The summed E-state index contributed by atoms with van der Waals surface area (Å²) in [5, 5.41) is 21.5. The van der Waals surface area contributed by atoms with Crippen LogP contribution in [0.4, 0.5) is 19.0 Å². The topological polar surface area (TPSA) is 78.4 Å². The molecule has 0 unspecified atom stereocenters. The molecule has 2 aromatic rings. The number of fused-ring (bicyclic) bond motifs is 1. The van der Waals surface area contributed by atoms with Crippen molar-refractivity contribution in [3.63, 3.8) is 0 Å². The Labute approximate surface area is 159 Å². The number of alkyl halides is 3. The van der Waals surface area contributed by atoms with E-state index in [2.05, 4.69) is 20.4 Å². The van der Waals surface area contributed by atoms with E-state index in [1.165, 1.54) is 6.92 Å². The number of nitrogens with one attached hydrogen (secondary N) is 1. The second-order valence-electron chi connectivity index (χ2n) is 7.20. The van der Waals surface area contributed by atoms with Crippen molar-refractivity contribution in [2.75, 3.05) is 18.0 Å². The van der Waals surface area contributed by atoms with E-state index in [1.807, 2.05) is 0 Å². The van der Waals surface area contributed by atoms with Crippen LogP contribution in [0.5, 0.6) is 5.75 Å². The summed E-state index contributed by atoms with van der Waals surface area (Å²) in [6.07, 6.45) is -2.59. The molecule has 1 amide bonds. The Bertz CT molecular complexity index is 912. The number of phenolic OH excluding ortho intramolecular Hbond substituents is 1. The smallest absolute Gasteiger partial charge is 0.416 e. The van der Waals surface area contributed by atoms with Crippen LogP contribution in [0.3, 0.4) is 0 Å². The first-order valence-electron chi connectivity index (χ1n) is 9.05. The number of aromatic nitrogens is 2. The van der Waals surface area contributed by atoms with E-state index in [1.54, 1.807) is 6.07 Å². The van der Waals surface area contributed by atoms with Crippen molar-refractivity contribution < 1.29 is 23.1 Å². The number of nitrogens with zero attached hydrogens (tertiary/aromatic N) is 3. The van der Waals surface area contributed by atoms with Crippen LogP contribution in [0.2, 0.25) is 0 Å². The molecule has 6 nitrogen and oxygen atoms in total. The summed E-state index contributed by atoms with van der Waals surface area (Å²) in [5.41, 5.74) is 0.922. The van der Waals surface area contributed by atoms with Gasteiger partial charge in [-0.25, -0.2) is 0 Å². The van der Waals surface area contributed by atoms with Crippen LogP contribution in [-0.4, -0.2) is 40.3 Å². The number of aromatic hydroxyl groups is 1. The average molecular weight is 392 g/mol. The molecule has 0 spiro atoms. The van der Waals surface area contributed by atoms with Crippen molar-refractivity contribution >= 4 is 11.7 Å². The molecule has 1 saturated heterocycles. The van der Waals surface area contributed by atoms with E-state index in [4.69, 9.17) is 0 Å². The van der Waals surface area contributed by atoms with Gasteiger partial charge in [0.2, 0.25) is 5.91 Å². The minimum absolute atomic E-state index is 0.0466. The summed E-state index contributed by atoms with van der Waals surface area (Å²) in [4.78, 5) is 13.5. The Hall–Kier alpha value is -2.84. The standard InChI is InChI=1S/C19H19F3N4O2/c1-10-6-12(19(20,21)22)8-15(27)17(10)14-7-11-4-5-26(18(11)25-24-14)13-2-3-16(28)23-9-13/h6-8,13,27H,2-5,9H2,1H3,(H,23,28)/t13-/m1/s1. The van der Waals surface area contributed by atoms with Crippen LogP contribution < -0.4 is 10.2 Å². The van der Waals surface area contributed by atoms with Gasteiger partial charge in [-0.15, -0.1) is 10.2 Å². The zero-order chi connectivity index (χ0) is 20.1. The molecule has 1 fully saturated rings. The van der Waals surface area contributed by atoms with Gasteiger partial charge in [-0.2, -0.15) is 13.2 Å². The molecule has 0 aliphatic carbocycles. The van der Waals surface area contributed by atoms with E-state index in [-0.39, 0.29) is 23.1 Å². The lowest BCUT2D eigenvalue weighted by atomic mass is 9.99. The number of halogens is 3. The maximum Gasteiger partial charge on any atom is 0.416 e. The van der Waals surface area contributed by atoms with E-state index in [9.17, 15) is 23.1 Å². The zero-order valence-corrected chi connectivity index (χ0v) is 15.2. The summed E-state index contributed by atoms with van der Waals surface area (Å²) in [6.45, 7) is 2.81. The van der Waals surface area contributed by atoms with Crippen LogP contribution >= 0.6 is 0 Å². The molecule has 9 heteroatoms. The molecule has 1 atom stereocenters. The second kappa shape index (κ2) is 6.65. The summed E-state index contributed by atoms with van der Waals surface area (Å²) in [5.74, 6) is 0.311. The first-order valence-corrected chi connectivity index (χ1v) is 9.05. The molecule has 3 heterocycles. The number of aryl methyl sites for hydroxylation is 1. The number of piperidine rings is 1. The predicted molar refractivity (Wildman–Crippen MR) is 96.0 cm³/mol. The molecule has 1 aromatic heterocycles. The quantitative estimate of drug-likeness (QED) is 0.822. The van der Waals surface area contributed by atoms with Gasteiger partial charge in [-0.1, -0.05) is 0 Å². The SMILES string of the molecule is Cc1cc(C(F)(F)F)cc(O)c1-c1cc2c(nn1)N([C@@H]1CCC(=O)NC1)CC2. The lowest BCUT2D eigenvalue weighted by molar-refractivity contribution is -0.137. The summed E-state index contributed by atoms with van der Waals surface area (Å²) >= 11 is 0. The molecule has 0 saturated carbocycles. The van der Waals surface area contributed by atoms with Crippen LogP contribution in [0.15, 0.2) is 18.2 Å². The predicted octanol–water partition coefficient (Wildman–Crippen LogP) is 2.82. The molecule has 148 valence electrons. The third-order valence-electron chi connectivity index (χ3n) is 5.32. The average Bonchev–Trinajstić information content (AvgIpc) is 3.04. The molecule has 2 N–H and O–H groups in total. The van der Waals surface area contributed by atoms with Crippen molar-refractivity contribution in [3.05, 3.63) is 34.9 Å². The zero-order valence-electron chi connectivity index (χ0n) is 15.2. The molecular weight excluding hydrogens is 373 g/mol. The van der Waals surface area contributed by atoms with Crippen molar-refractivity contribution in [1.29, 1.82) is 0 Å². The summed E-state index contributed by atoms with van der Waals surface area (Å²) in [6, 6.07) is 3.65. The third kappa shape index (κ3) is 3.25. The lowest BCUT2D eigenvalue weighted by Crippen LogP contribution is -2.47. The number of amides is 1. The number of carbonyl (C=O) groups excluding carboxylic acids is 1. The van der Waals surface area contributed by atoms with E-state index >= 15 is 0 Å². The molecule has 28 heavy (non-hydrogen) atoms. The van der Waals surface area contributed by atoms with Crippen LogP contribution in [-0.2, 0) is 17.4 Å². The molecule has 0 bridgehead atoms. The second-order valence-corrected chi connectivity index (χ2v) is 7.20. The highest BCUT2D eigenvalue weighted by Crippen LogP contribution is 2.39. The largest absolute Gasteiger partial charge is 0.507 e. The van der Waals surface area contributed by atoms with Gasteiger partial charge < -0.3 is 15.3 Å². The Morgan fingerprint density at radius 3 is 2.64 bits per heavy atom. The van der Waals surface area contributed by atoms with Crippen molar-refractivity contribution in [1.82, 2.24) is 15.5 Å². The van der Waals surface area contributed by atoms with Gasteiger partial charge in [0, 0.05) is 36.7 Å². The Kier molecular flexibility index (Phi) is 4.40. The van der Waals surface area contributed by atoms with Gasteiger partial charge in [0.25, 0.3) is 0 Å². The first-order chi connectivity index (χ1) is 13.2. The Morgan fingerprint density at radius 1 is 1.21 bits per heavy atom. The number of hydrogen-bond donors (Lipinski definition) is 2. The maximum absolute atomic E-state index is 12.9. The lowest BCUT2D eigenvalue weighted by Gasteiger charge is -2.32. The van der Waals surface area contributed by atoms with Gasteiger partial charge in [0.15, 0.2) is 5.82 Å². The van der Waals surface area contributed by atoms with Crippen LogP contribution in [0, 0.1) is 6.92 Å². The Morgan fingerprint density at radius 2 is 2.00 bits per heavy atom. The van der Waals surface area contributed by atoms with Crippen LogP contribution in [0.1, 0.15) is 29.5 Å². The van der Waals surface area contributed by atoms with Gasteiger partial charge in [0.1, 0.15) is 5.75 Å². The molecule has 4 rings (SSSR count). The molecular formula is C19H19F3N4O2. The fourth-order valence-corrected chi connectivity index (χ4v) is 3.93. The number of carbonyl (C=O) groups is 1. The summed E-state index contributed by atoms with van der Waals surface area (Å²) < 4.78 is 38.8. The van der Waals surface area contributed by atoms with Gasteiger partial charge in [0.05, 0.1) is 11.3 Å². The Balaban J connectivity index is 1.65. The minimum Gasteiger partial charge on any atom is -0.507 e. The minimum atomic E-state index is -4.53. The van der Waals surface area contributed by atoms with Crippen LogP contribution in [0.25, 0.3) is 11.3 Å². The summed E-state index contributed by atoms with van der Waals surface area (Å²) in [7, 11) is 0. The van der Waals surface area contributed by atoms with Gasteiger partial charge in [-0.3, -0.25) is 4.79 Å². The number of hydrogen-bond acceptors (Lipinski definition) is 5. The number of phenols is 1. The number of anilines is 1. The fraction of sp³-hybridized carbons (Fsp3) is 0.421. The third-order valence-corrected chi connectivity index (χ3v) is 5.32. The number of benzene rings is 1. The highest BCUT2D eigenvalue weighted by molar-refractivity contribution is 5.77. The van der Waals surface area contributed by atoms with Crippen molar-refractivity contribution in [3.8, 4) is 17.0 Å². The van der Waals surface area contributed by atoms with E-state index in [0.717, 1.165) is 36.8 Å². The normalized spacial score (nSPS) is 19.5. The molecule has 2 aliphatic heterocycles.